The molecule has 1 aromatic carbocycles. The molecule has 3 rings (SSSR count). The van der Waals surface area contributed by atoms with Gasteiger partial charge in [-0.15, -0.1) is 0 Å². The van der Waals surface area contributed by atoms with E-state index >= 15 is 0 Å². The third-order valence-electron chi connectivity index (χ3n) is 4.45. The molecule has 4 heteroatoms. The van der Waals surface area contributed by atoms with Crippen LogP contribution in [0, 0.1) is 0 Å². The maximum Gasteiger partial charge on any atom is 0.416 e. The molecular formula is C17H20F3N. The quantitative estimate of drug-likeness (QED) is 0.811. The van der Waals surface area contributed by atoms with Gasteiger partial charge < -0.3 is 5.32 Å². The van der Waals surface area contributed by atoms with E-state index in [-0.39, 0.29) is 0 Å². The molecule has 0 aliphatic carbocycles. The Morgan fingerprint density at radius 3 is 2.76 bits per heavy atom. The van der Waals surface area contributed by atoms with Crippen molar-refractivity contribution in [3.05, 3.63) is 47.0 Å². The summed E-state index contributed by atoms with van der Waals surface area (Å²) in [6.45, 7) is 0. The van der Waals surface area contributed by atoms with Crippen LogP contribution in [0.15, 0.2) is 35.9 Å². The molecule has 0 amide bonds. The number of benzene rings is 1. The first-order valence-electron chi connectivity index (χ1n) is 7.62. The molecule has 2 aliphatic heterocycles. The summed E-state index contributed by atoms with van der Waals surface area (Å²) in [6, 6.07) is 6.76. The maximum atomic E-state index is 12.7. The summed E-state index contributed by atoms with van der Waals surface area (Å²) in [7, 11) is 0. The van der Waals surface area contributed by atoms with Gasteiger partial charge in [0.25, 0.3) is 0 Å². The van der Waals surface area contributed by atoms with E-state index in [1.807, 2.05) is 0 Å². The zero-order valence-electron chi connectivity index (χ0n) is 11.9. The van der Waals surface area contributed by atoms with Crippen molar-refractivity contribution < 1.29 is 13.2 Å². The van der Waals surface area contributed by atoms with Crippen molar-refractivity contribution >= 4 is 0 Å². The Bertz CT molecular complexity index is 533. The second kappa shape index (κ2) is 5.84. The van der Waals surface area contributed by atoms with Gasteiger partial charge in [-0.05, 0) is 43.7 Å². The van der Waals surface area contributed by atoms with Gasteiger partial charge in [0.2, 0.25) is 0 Å². The third-order valence-corrected chi connectivity index (χ3v) is 4.45. The molecule has 1 fully saturated rings. The van der Waals surface area contributed by atoms with Crippen molar-refractivity contribution in [2.75, 3.05) is 0 Å². The summed E-state index contributed by atoms with van der Waals surface area (Å²) >= 11 is 0. The molecule has 0 spiro atoms. The summed E-state index contributed by atoms with van der Waals surface area (Å²) in [5.74, 6) is 0. The van der Waals surface area contributed by atoms with Crippen molar-refractivity contribution in [3.8, 4) is 0 Å². The lowest BCUT2D eigenvalue weighted by atomic mass is 9.85. The fraction of sp³-hybridized carbons (Fsp3) is 0.529. The number of rotatable bonds is 3. The van der Waals surface area contributed by atoms with E-state index in [0.29, 0.717) is 18.5 Å². The minimum atomic E-state index is -4.25. The first-order valence-corrected chi connectivity index (χ1v) is 7.62. The highest BCUT2D eigenvalue weighted by molar-refractivity contribution is 5.27. The topological polar surface area (TPSA) is 12.0 Å². The molecule has 0 radical (unpaired) electrons. The van der Waals surface area contributed by atoms with E-state index in [1.54, 1.807) is 6.07 Å². The molecule has 21 heavy (non-hydrogen) atoms. The van der Waals surface area contributed by atoms with Crippen LogP contribution >= 0.6 is 0 Å². The fourth-order valence-electron chi connectivity index (χ4n) is 3.41. The van der Waals surface area contributed by atoms with Crippen molar-refractivity contribution in [3.63, 3.8) is 0 Å². The van der Waals surface area contributed by atoms with Gasteiger partial charge in [0.1, 0.15) is 0 Å². The monoisotopic (exact) mass is 295 g/mol. The first kappa shape index (κ1) is 14.6. The smallest absolute Gasteiger partial charge is 0.307 e. The van der Waals surface area contributed by atoms with E-state index in [2.05, 4.69) is 11.4 Å². The van der Waals surface area contributed by atoms with Crippen molar-refractivity contribution in [1.82, 2.24) is 5.32 Å². The standard InChI is InChI=1S/C17H20F3N/c18-17(19,20)14-4-1-3-12(9-14)7-8-13-10-15-5-2-6-16(11-13)21-15/h1,3-4,9-10,15-16,21H,2,5-8,11H2. The lowest BCUT2D eigenvalue weighted by molar-refractivity contribution is -0.137. The van der Waals surface area contributed by atoms with Crippen LogP contribution in [0.1, 0.15) is 43.2 Å². The van der Waals surface area contributed by atoms with E-state index in [9.17, 15) is 13.2 Å². The fourth-order valence-corrected chi connectivity index (χ4v) is 3.41. The van der Waals surface area contributed by atoms with Crippen molar-refractivity contribution in [2.24, 2.45) is 0 Å². The number of alkyl halides is 3. The largest absolute Gasteiger partial charge is 0.416 e. The molecule has 1 N–H and O–H groups in total. The molecule has 1 nitrogen and oxygen atoms in total. The van der Waals surface area contributed by atoms with Crippen LogP contribution in [0.5, 0.6) is 0 Å². The van der Waals surface area contributed by atoms with E-state index in [4.69, 9.17) is 0 Å². The Balaban J connectivity index is 1.64. The zero-order chi connectivity index (χ0) is 14.9. The first-order chi connectivity index (χ1) is 10.0. The van der Waals surface area contributed by atoms with Gasteiger partial charge in [0.05, 0.1) is 5.56 Å². The van der Waals surface area contributed by atoms with Crippen molar-refractivity contribution in [1.29, 1.82) is 0 Å². The summed E-state index contributed by atoms with van der Waals surface area (Å²) in [5, 5.41) is 3.58. The van der Waals surface area contributed by atoms with Gasteiger partial charge in [0.15, 0.2) is 0 Å². The lowest BCUT2D eigenvalue weighted by Crippen LogP contribution is -2.44. The van der Waals surface area contributed by atoms with E-state index in [1.165, 1.54) is 37.0 Å². The second-order valence-electron chi connectivity index (χ2n) is 6.13. The van der Waals surface area contributed by atoms with Crippen LogP contribution in [-0.4, -0.2) is 12.1 Å². The van der Waals surface area contributed by atoms with Crippen LogP contribution < -0.4 is 5.32 Å². The number of piperidine rings is 1. The molecule has 2 heterocycles. The molecule has 0 saturated carbocycles. The second-order valence-corrected chi connectivity index (χ2v) is 6.13. The van der Waals surface area contributed by atoms with Gasteiger partial charge in [-0.25, -0.2) is 0 Å². The van der Waals surface area contributed by atoms with Gasteiger partial charge in [-0.3, -0.25) is 0 Å². The normalized spacial score (nSPS) is 25.6. The number of hydrogen-bond donors (Lipinski definition) is 1. The molecule has 2 aliphatic rings. The van der Waals surface area contributed by atoms with Crippen LogP contribution in [0.2, 0.25) is 0 Å². The minimum absolute atomic E-state index is 0.481. The number of aryl methyl sites for hydroxylation is 1. The Morgan fingerprint density at radius 2 is 2.00 bits per heavy atom. The lowest BCUT2D eigenvalue weighted by Gasteiger charge is -2.35. The maximum absolute atomic E-state index is 12.7. The summed E-state index contributed by atoms with van der Waals surface area (Å²) in [4.78, 5) is 0. The Kier molecular flexibility index (Phi) is 4.07. The SMILES string of the molecule is FC(F)(F)c1cccc(CCC2=CC3CCCC(C2)N3)c1. The third kappa shape index (κ3) is 3.67. The summed E-state index contributed by atoms with van der Waals surface area (Å²) in [5.41, 5.74) is 1.63. The predicted molar refractivity (Wildman–Crippen MR) is 77.0 cm³/mol. The molecule has 2 atom stereocenters. The molecule has 1 aromatic rings. The molecule has 2 bridgehead atoms. The molecule has 0 aromatic heterocycles. The highest BCUT2D eigenvalue weighted by atomic mass is 19.4. The Hall–Kier alpha value is -1.29. The highest BCUT2D eigenvalue weighted by Crippen LogP contribution is 2.31. The molecule has 114 valence electrons. The van der Waals surface area contributed by atoms with Gasteiger partial charge in [-0.2, -0.15) is 13.2 Å². The van der Waals surface area contributed by atoms with Crippen LogP contribution in [0.4, 0.5) is 13.2 Å². The summed E-state index contributed by atoms with van der Waals surface area (Å²) in [6.07, 6.45) is 4.34. The molecular weight excluding hydrogens is 275 g/mol. The molecule has 2 unspecified atom stereocenters. The van der Waals surface area contributed by atoms with Gasteiger partial charge >= 0.3 is 6.18 Å². The number of hydrogen-bond acceptors (Lipinski definition) is 1. The predicted octanol–water partition coefficient (Wildman–Crippen LogP) is 4.48. The average Bonchev–Trinajstić information content (AvgIpc) is 2.44. The van der Waals surface area contributed by atoms with Gasteiger partial charge in [-0.1, -0.05) is 36.3 Å². The number of fused-ring (bicyclic) bond motifs is 2. The van der Waals surface area contributed by atoms with Gasteiger partial charge in [0, 0.05) is 12.1 Å². The Morgan fingerprint density at radius 1 is 1.14 bits per heavy atom. The molecule has 1 saturated heterocycles. The highest BCUT2D eigenvalue weighted by Gasteiger charge is 2.30. The van der Waals surface area contributed by atoms with Crippen LogP contribution in [0.3, 0.4) is 0 Å². The summed E-state index contributed by atoms with van der Waals surface area (Å²) < 4.78 is 38.1. The van der Waals surface area contributed by atoms with E-state index < -0.39 is 11.7 Å². The number of halogens is 3. The Labute approximate surface area is 123 Å². The van der Waals surface area contributed by atoms with Crippen LogP contribution in [0.25, 0.3) is 0 Å². The average molecular weight is 295 g/mol. The number of nitrogens with one attached hydrogen (secondary N) is 1. The van der Waals surface area contributed by atoms with E-state index in [0.717, 1.165) is 24.5 Å². The minimum Gasteiger partial charge on any atom is -0.307 e. The van der Waals surface area contributed by atoms with Crippen LogP contribution in [-0.2, 0) is 12.6 Å². The van der Waals surface area contributed by atoms with Crippen molar-refractivity contribution in [2.45, 2.75) is 56.8 Å². The zero-order valence-corrected chi connectivity index (χ0v) is 11.9.